The Morgan fingerprint density at radius 3 is 2.87 bits per heavy atom. The van der Waals surface area contributed by atoms with Gasteiger partial charge in [0, 0.05) is 31.0 Å². The van der Waals surface area contributed by atoms with Crippen molar-refractivity contribution in [2.45, 2.75) is 26.9 Å². The Morgan fingerprint density at radius 1 is 1.40 bits per heavy atom. The molecule has 0 aromatic carbocycles. The van der Waals surface area contributed by atoms with Gasteiger partial charge in [0.25, 0.3) is 0 Å². The highest BCUT2D eigenvalue weighted by atomic mass is 16.5. The van der Waals surface area contributed by atoms with Gasteiger partial charge < -0.3 is 14.8 Å². The zero-order valence-electron chi connectivity index (χ0n) is 9.00. The van der Waals surface area contributed by atoms with E-state index in [1.165, 1.54) is 5.56 Å². The molecule has 0 saturated heterocycles. The van der Waals surface area contributed by atoms with E-state index in [2.05, 4.69) is 21.5 Å². The first-order valence-corrected chi connectivity index (χ1v) is 5.01. The van der Waals surface area contributed by atoms with Gasteiger partial charge in [0.05, 0.1) is 5.69 Å². The van der Waals surface area contributed by atoms with Crippen LogP contribution in [0.15, 0.2) is 23.0 Å². The van der Waals surface area contributed by atoms with Crippen LogP contribution in [-0.4, -0.2) is 10.1 Å². The van der Waals surface area contributed by atoms with Crippen molar-refractivity contribution in [3.8, 4) is 0 Å². The lowest BCUT2D eigenvalue weighted by Gasteiger charge is -2.02. The number of hydrogen-bond donors (Lipinski definition) is 2. The van der Waals surface area contributed by atoms with E-state index in [1.807, 2.05) is 26.2 Å². The zero-order valence-corrected chi connectivity index (χ0v) is 9.00. The van der Waals surface area contributed by atoms with Gasteiger partial charge in [-0.05, 0) is 25.5 Å². The third-order valence-electron chi connectivity index (χ3n) is 2.47. The van der Waals surface area contributed by atoms with E-state index >= 15 is 0 Å². The molecule has 2 heterocycles. The highest BCUT2D eigenvalue weighted by Gasteiger charge is 2.07. The van der Waals surface area contributed by atoms with E-state index in [9.17, 15) is 0 Å². The third kappa shape index (κ3) is 2.27. The predicted molar refractivity (Wildman–Crippen MR) is 57.3 cm³/mol. The number of rotatable bonds is 4. The van der Waals surface area contributed by atoms with Crippen LogP contribution in [0.3, 0.4) is 0 Å². The van der Waals surface area contributed by atoms with E-state index in [-0.39, 0.29) is 0 Å². The summed E-state index contributed by atoms with van der Waals surface area (Å²) in [6.45, 7) is 5.55. The summed E-state index contributed by atoms with van der Waals surface area (Å²) < 4.78 is 5.09. The van der Waals surface area contributed by atoms with Crippen molar-refractivity contribution >= 4 is 0 Å². The molecule has 15 heavy (non-hydrogen) atoms. The molecule has 2 rings (SSSR count). The Kier molecular flexibility index (Phi) is 2.87. The Balaban J connectivity index is 1.89. The molecule has 0 fully saturated rings. The lowest BCUT2D eigenvalue weighted by atomic mass is 10.2. The molecule has 0 bridgehead atoms. The number of nitrogens with zero attached hydrogens (tertiary/aromatic N) is 1. The minimum absolute atomic E-state index is 0.798. The first kappa shape index (κ1) is 9.98. The van der Waals surface area contributed by atoms with Gasteiger partial charge in [-0.3, -0.25) is 0 Å². The molecule has 0 aliphatic carbocycles. The molecular formula is C11H15N3O. The Bertz CT molecular complexity index is 397. The minimum Gasteiger partial charge on any atom is -0.367 e. The van der Waals surface area contributed by atoms with Crippen molar-refractivity contribution in [3.63, 3.8) is 0 Å². The summed E-state index contributed by atoms with van der Waals surface area (Å²) in [5, 5.41) is 7.26. The van der Waals surface area contributed by atoms with Gasteiger partial charge in [-0.2, -0.15) is 0 Å². The summed E-state index contributed by atoms with van der Waals surface area (Å²) >= 11 is 0. The summed E-state index contributed by atoms with van der Waals surface area (Å²) in [6, 6.07) is 2.06. The summed E-state index contributed by atoms with van der Waals surface area (Å²) in [5.74, 6) is 0.897. The molecular weight excluding hydrogens is 190 g/mol. The van der Waals surface area contributed by atoms with Crippen molar-refractivity contribution in [1.29, 1.82) is 0 Å². The van der Waals surface area contributed by atoms with Crippen LogP contribution in [-0.2, 0) is 13.1 Å². The van der Waals surface area contributed by atoms with Gasteiger partial charge in [-0.15, -0.1) is 0 Å². The maximum atomic E-state index is 5.09. The first-order valence-electron chi connectivity index (χ1n) is 5.01. The number of nitrogens with one attached hydrogen (secondary N) is 2. The second-order valence-electron chi connectivity index (χ2n) is 3.63. The smallest absolute Gasteiger partial charge is 0.138 e. The van der Waals surface area contributed by atoms with Crippen LogP contribution < -0.4 is 5.32 Å². The number of aromatic amines is 1. The molecule has 0 spiro atoms. The zero-order chi connectivity index (χ0) is 10.7. The average Bonchev–Trinajstić information content (AvgIpc) is 2.82. The predicted octanol–water partition coefficient (Wildman–Crippen LogP) is 1.91. The molecule has 2 aromatic rings. The Morgan fingerprint density at radius 2 is 2.27 bits per heavy atom. The van der Waals surface area contributed by atoms with Gasteiger partial charge in [0.2, 0.25) is 0 Å². The maximum Gasteiger partial charge on any atom is 0.138 e. The monoisotopic (exact) mass is 205 g/mol. The van der Waals surface area contributed by atoms with Crippen molar-refractivity contribution < 1.29 is 4.52 Å². The van der Waals surface area contributed by atoms with Crippen molar-refractivity contribution in [3.05, 3.63) is 41.0 Å². The second kappa shape index (κ2) is 4.31. The number of aryl methyl sites for hydroxylation is 2. The fourth-order valence-electron chi connectivity index (χ4n) is 1.55. The van der Waals surface area contributed by atoms with E-state index < -0.39 is 0 Å². The van der Waals surface area contributed by atoms with E-state index in [0.717, 1.165) is 30.1 Å². The molecule has 0 aliphatic rings. The largest absolute Gasteiger partial charge is 0.367 e. The lowest BCUT2D eigenvalue weighted by molar-refractivity contribution is 0.392. The molecule has 0 atom stereocenters. The van der Waals surface area contributed by atoms with E-state index in [4.69, 9.17) is 4.52 Å². The van der Waals surface area contributed by atoms with Crippen molar-refractivity contribution in [2.75, 3.05) is 0 Å². The molecule has 2 N–H and O–H groups in total. The standard InChI is InChI=1S/C11H15N3O/c1-8-11(9(2)15-14-8)7-13-6-10-3-4-12-5-10/h3-5,12-13H,6-7H2,1-2H3. The number of H-pyrrole nitrogens is 1. The van der Waals surface area contributed by atoms with Crippen LogP contribution in [0.5, 0.6) is 0 Å². The van der Waals surface area contributed by atoms with E-state index in [1.54, 1.807) is 0 Å². The summed E-state index contributed by atoms with van der Waals surface area (Å²) in [5.41, 5.74) is 3.38. The fourth-order valence-corrected chi connectivity index (χ4v) is 1.55. The van der Waals surface area contributed by atoms with Crippen molar-refractivity contribution in [2.24, 2.45) is 0 Å². The molecule has 80 valence electrons. The molecule has 0 amide bonds. The average molecular weight is 205 g/mol. The normalized spacial score (nSPS) is 10.8. The van der Waals surface area contributed by atoms with E-state index in [0.29, 0.717) is 0 Å². The van der Waals surface area contributed by atoms with Crippen LogP contribution in [0.1, 0.15) is 22.6 Å². The maximum absolute atomic E-state index is 5.09. The van der Waals surface area contributed by atoms with Crippen LogP contribution in [0.4, 0.5) is 0 Å². The second-order valence-corrected chi connectivity index (χ2v) is 3.63. The summed E-state index contributed by atoms with van der Waals surface area (Å²) in [6.07, 6.45) is 3.91. The summed E-state index contributed by atoms with van der Waals surface area (Å²) in [7, 11) is 0. The highest BCUT2D eigenvalue weighted by Crippen LogP contribution is 2.11. The number of aromatic nitrogens is 2. The quantitative estimate of drug-likeness (QED) is 0.801. The third-order valence-corrected chi connectivity index (χ3v) is 2.47. The van der Waals surface area contributed by atoms with Crippen LogP contribution >= 0.6 is 0 Å². The molecule has 0 unspecified atom stereocenters. The SMILES string of the molecule is Cc1noc(C)c1CNCc1cc[nH]c1. The molecule has 2 aromatic heterocycles. The Labute approximate surface area is 88.7 Å². The lowest BCUT2D eigenvalue weighted by Crippen LogP contribution is -2.13. The molecule has 4 heteroatoms. The highest BCUT2D eigenvalue weighted by molar-refractivity contribution is 5.20. The van der Waals surface area contributed by atoms with Gasteiger partial charge in [0.1, 0.15) is 5.76 Å². The van der Waals surface area contributed by atoms with Gasteiger partial charge in [-0.1, -0.05) is 5.16 Å². The molecule has 0 radical (unpaired) electrons. The fraction of sp³-hybridized carbons (Fsp3) is 0.364. The molecule has 0 aliphatic heterocycles. The minimum atomic E-state index is 0.798. The summed E-state index contributed by atoms with van der Waals surface area (Å²) in [4.78, 5) is 3.03. The first-order chi connectivity index (χ1) is 7.27. The topological polar surface area (TPSA) is 53.9 Å². The van der Waals surface area contributed by atoms with Gasteiger partial charge in [-0.25, -0.2) is 0 Å². The number of hydrogen-bond acceptors (Lipinski definition) is 3. The van der Waals surface area contributed by atoms with Gasteiger partial charge >= 0.3 is 0 Å². The van der Waals surface area contributed by atoms with Crippen LogP contribution in [0.2, 0.25) is 0 Å². The van der Waals surface area contributed by atoms with Gasteiger partial charge in [0.15, 0.2) is 0 Å². The van der Waals surface area contributed by atoms with Crippen LogP contribution in [0.25, 0.3) is 0 Å². The molecule has 0 saturated carbocycles. The van der Waals surface area contributed by atoms with Crippen molar-refractivity contribution in [1.82, 2.24) is 15.5 Å². The van der Waals surface area contributed by atoms with Crippen LogP contribution in [0, 0.1) is 13.8 Å². The Hall–Kier alpha value is -1.55. The molecule has 4 nitrogen and oxygen atoms in total.